The van der Waals surface area contributed by atoms with Crippen molar-refractivity contribution in [2.45, 2.75) is 26.8 Å². The number of para-hydroxylation sites is 1. The van der Waals surface area contributed by atoms with Gasteiger partial charge in [-0.05, 0) is 43.2 Å². The van der Waals surface area contributed by atoms with Crippen molar-refractivity contribution in [1.82, 2.24) is 5.43 Å². The lowest BCUT2D eigenvalue weighted by atomic mass is 10.2. The molecule has 0 saturated carbocycles. The summed E-state index contributed by atoms with van der Waals surface area (Å²) in [7, 11) is 1.67. The molecule has 2 aromatic carbocycles. The fraction of sp³-hybridized carbons (Fsp3) is 0.350. The molecule has 0 aromatic heterocycles. The van der Waals surface area contributed by atoms with Crippen molar-refractivity contribution >= 4 is 6.21 Å². The molecule has 0 spiro atoms. The SMILES string of the molecule is CCCOc1ccc(/C=N/NCc2ccccc2OC)cc1OCC. The molecule has 0 aliphatic carbocycles. The maximum atomic E-state index is 5.70. The Balaban J connectivity index is 1.99. The Morgan fingerprint density at radius 2 is 1.84 bits per heavy atom. The van der Waals surface area contributed by atoms with Gasteiger partial charge in [0.2, 0.25) is 0 Å². The predicted octanol–water partition coefficient (Wildman–Crippen LogP) is 4.01. The standard InChI is InChI=1S/C20H26N2O3/c1-4-12-25-19-11-10-16(13-20(19)24-5-2)14-21-22-15-17-8-6-7-9-18(17)23-3/h6-11,13-14,22H,4-5,12,15H2,1-3H3/b21-14+. The highest BCUT2D eigenvalue weighted by Crippen LogP contribution is 2.28. The lowest BCUT2D eigenvalue weighted by molar-refractivity contribution is 0.277. The van der Waals surface area contributed by atoms with E-state index in [0.717, 1.165) is 34.8 Å². The number of rotatable bonds is 10. The topological polar surface area (TPSA) is 52.1 Å². The van der Waals surface area contributed by atoms with Crippen LogP contribution in [-0.4, -0.2) is 26.5 Å². The van der Waals surface area contributed by atoms with Crippen molar-refractivity contribution in [1.29, 1.82) is 0 Å². The van der Waals surface area contributed by atoms with Crippen LogP contribution < -0.4 is 19.6 Å². The molecule has 5 nitrogen and oxygen atoms in total. The third kappa shape index (κ3) is 5.71. The van der Waals surface area contributed by atoms with Gasteiger partial charge in [0.1, 0.15) is 5.75 Å². The second-order valence-electron chi connectivity index (χ2n) is 5.39. The van der Waals surface area contributed by atoms with E-state index in [4.69, 9.17) is 14.2 Å². The van der Waals surface area contributed by atoms with Gasteiger partial charge in [-0.1, -0.05) is 25.1 Å². The zero-order chi connectivity index (χ0) is 17.9. The van der Waals surface area contributed by atoms with Gasteiger partial charge >= 0.3 is 0 Å². The van der Waals surface area contributed by atoms with E-state index in [1.165, 1.54) is 0 Å². The summed E-state index contributed by atoms with van der Waals surface area (Å²) in [5, 5.41) is 4.28. The summed E-state index contributed by atoms with van der Waals surface area (Å²) >= 11 is 0. The number of hydrazone groups is 1. The molecule has 0 atom stereocenters. The van der Waals surface area contributed by atoms with Crippen molar-refractivity contribution < 1.29 is 14.2 Å². The van der Waals surface area contributed by atoms with E-state index in [1.807, 2.05) is 49.4 Å². The average molecular weight is 342 g/mol. The molecule has 0 bridgehead atoms. The minimum atomic E-state index is 0.592. The summed E-state index contributed by atoms with van der Waals surface area (Å²) in [4.78, 5) is 0. The number of ether oxygens (including phenoxy) is 3. The number of methoxy groups -OCH3 is 1. The van der Waals surface area contributed by atoms with Crippen molar-refractivity contribution in [3.05, 3.63) is 53.6 Å². The molecule has 2 aromatic rings. The van der Waals surface area contributed by atoms with Gasteiger partial charge in [0, 0.05) is 5.56 Å². The molecule has 25 heavy (non-hydrogen) atoms. The molecule has 0 heterocycles. The van der Waals surface area contributed by atoms with Gasteiger partial charge in [0.15, 0.2) is 11.5 Å². The lowest BCUT2D eigenvalue weighted by Crippen LogP contribution is -2.07. The van der Waals surface area contributed by atoms with Gasteiger partial charge in [-0.2, -0.15) is 5.10 Å². The Labute approximate surface area is 149 Å². The van der Waals surface area contributed by atoms with Crippen LogP contribution in [0, 0.1) is 0 Å². The smallest absolute Gasteiger partial charge is 0.161 e. The Morgan fingerprint density at radius 3 is 2.60 bits per heavy atom. The Kier molecular flexibility index (Phi) is 7.63. The average Bonchev–Trinajstić information content (AvgIpc) is 2.65. The van der Waals surface area contributed by atoms with Crippen LogP contribution in [0.2, 0.25) is 0 Å². The van der Waals surface area contributed by atoms with E-state index in [9.17, 15) is 0 Å². The molecule has 0 radical (unpaired) electrons. The van der Waals surface area contributed by atoms with Gasteiger partial charge in [-0.15, -0.1) is 0 Å². The summed E-state index contributed by atoms with van der Waals surface area (Å²) in [6, 6.07) is 13.7. The number of nitrogens with one attached hydrogen (secondary N) is 1. The number of hydrogen-bond donors (Lipinski definition) is 1. The third-order valence-corrected chi connectivity index (χ3v) is 3.50. The van der Waals surface area contributed by atoms with E-state index in [2.05, 4.69) is 17.5 Å². The molecular formula is C20H26N2O3. The van der Waals surface area contributed by atoms with E-state index in [1.54, 1.807) is 13.3 Å². The molecule has 0 aliphatic heterocycles. The molecule has 1 N–H and O–H groups in total. The quantitative estimate of drug-likeness (QED) is 0.524. The Morgan fingerprint density at radius 1 is 1.00 bits per heavy atom. The number of benzene rings is 2. The van der Waals surface area contributed by atoms with Crippen LogP contribution in [-0.2, 0) is 6.54 Å². The minimum Gasteiger partial charge on any atom is -0.496 e. The van der Waals surface area contributed by atoms with Crippen LogP contribution in [0.1, 0.15) is 31.4 Å². The maximum absolute atomic E-state index is 5.70. The van der Waals surface area contributed by atoms with Gasteiger partial charge in [0.25, 0.3) is 0 Å². The second kappa shape index (κ2) is 10.2. The maximum Gasteiger partial charge on any atom is 0.161 e. The van der Waals surface area contributed by atoms with Crippen molar-refractivity contribution in [3.63, 3.8) is 0 Å². The third-order valence-electron chi connectivity index (χ3n) is 3.50. The fourth-order valence-corrected chi connectivity index (χ4v) is 2.30. The summed E-state index contributed by atoms with van der Waals surface area (Å²) in [6.45, 7) is 5.90. The Bertz CT molecular complexity index is 686. The first-order valence-electron chi connectivity index (χ1n) is 8.56. The van der Waals surface area contributed by atoms with E-state index in [0.29, 0.717) is 19.8 Å². The van der Waals surface area contributed by atoms with E-state index in [-0.39, 0.29) is 0 Å². The number of hydrogen-bond acceptors (Lipinski definition) is 5. The van der Waals surface area contributed by atoms with Crippen LogP contribution in [0.15, 0.2) is 47.6 Å². The van der Waals surface area contributed by atoms with E-state index >= 15 is 0 Å². The van der Waals surface area contributed by atoms with Gasteiger partial charge in [-0.3, -0.25) is 0 Å². The molecular weight excluding hydrogens is 316 g/mol. The van der Waals surface area contributed by atoms with E-state index < -0.39 is 0 Å². The summed E-state index contributed by atoms with van der Waals surface area (Å²) in [6.07, 6.45) is 2.73. The molecule has 0 unspecified atom stereocenters. The normalized spacial score (nSPS) is 10.7. The zero-order valence-electron chi connectivity index (χ0n) is 15.1. The minimum absolute atomic E-state index is 0.592. The van der Waals surface area contributed by atoms with Crippen LogP contribution in [0.4, 0.5) is 0 Å². The summed E-state index contributed by atoms with van der Waals surface area (Å²) in [5.41, 5.74) is 5.04. The highest BCUT2D eigenvalue weighted by molar-refractivity contribution is 5.80. The fourth-order valence-electron chi connectivity index (χ4n) is 2.30. The van der Waals surface area contributed by atoms with Crippen LogP contribution >= 0.6 is 0 Å². The van der Waals surface area contributed by atoms with Crippen LogP contribution in [0.3, 0.4) is 0 Å². The predicted molar refractivity (Wildman–Crippen MR) is 101 cm³/mol. The zero-order valence-corrected chi connectivity index (χ0v) is 15.1. The molecule has 0 aliphatic rings. The highest BCUT2D eigenvalue weighted by Gasteiger charge is 2.05. The molecule has 134 valence electrons. The summed E-state index contributed by atoms with van der Waals surface area (Å²) in [5.74, 6) is 2.36. The first kappa shape index (κ1) is 18.6. The van der Waals surface area contributed by atoms with Crippen molar-refractivity contribution in [2.24, 2.45) is 5.10 Å². The molecule has 0 saturated heterocycles. The van der Waals surface area contributed by atoms with Crippen LogP contribution in [0.5, 0.6) is 17.2 Å². The lowest BCUT2D eigenvalue weighted by Gasteiger charge is -2.12. The largest absolute Gasteiger partial charge is 0.496 e. The molecule has 0 amide bonds. The second-order valence-corrected chi connectivity index (χ2v) is 5.39. The van der Waals surface area contributed by atoms with Crippen LogP contribution in [0.25, 0.3) is 0 Å². The van der Waals surface area contributed by atoms with Gasteiger partial charge in [-0.25, -0.2) is 0 Å². The van der Waals surface area contributed by atoms with Gasteiger partial charge in [0.05, 0.1) is 33.1 Å². The summed E-state index contributed by atoms with van der Waals surface area (Å²) < 4.78 is 16.7. The number of nitrogens with zero attached hydrogens (tertiary/aromatic N) is 1. The first-order valence-corrected chi connectivity index (χ1v) is 8.56. The molecule has 5 heteroatoms. The molecule has 0 fully saturated rings. The monoisotopic (exact) mass is 342 g/mol. The first-order chi connectivity index (χ1) is 12.3. The Hall–Kier alpha value is -2.69. The van der Waals surface area contributed by atoms with Crippen molar-refractivity contribution in [2.75, 3.05) is 20.3 Å². The highest BCUT2D eigenvalue weighted by atomic mass is 16.5. The molecule has 2 rings (SSSR count). The van der Waals surface area contributed by atoms with Crippen molar-refractivity contribution in [3.8, 4) is 17.2 Å². The van der Waals surface area contributed by atoms with Gasteiger partial charge < -0.3 is 19.6 Å².